The van der Waals surface area contributed by atoms with E-state index in [0.29, 0.717) is 17.1 Å². The molecule has 0 aromatic heterocycles. The third kappa shape index (κ3) is 5.48. The van der Waals surface area contributed by atoms with Gasteiger partial charge < -0.3 is 20.1 Å². The van der Waals surface area contributed by atoms with Gasteiger partial charge in [-0.1, -0.05) is 24.3 Å². The van der Waals surface area contributed by atoms with Gasteiger partial charge in [-0.15, -0.1) is 0 Å². The number of anilines is 2. The molecule has 0 saturated heterocycles. The van der Waals surface area contributed by atoms with Crippen molar-refractivity contribution >= 4 is 29.3 Å². The molecule has 3 rings (SSSR count). The van der Waals surface area contributed by atoms with Gasteiger partial charge >= 0.3 is 0 Å². The van der Waals surface area contributed by atoms with E-state index >= 15 is 0 Å². The van der Waals surface area contributed by atoms with Crippen LogP contribution in [0.4, 0.5) is 20.2 Å². The molecule has 2 N–H and O–H groups in total. The van der Waals surface area contributed by atoms with E-state index in [1.54, 1.807) is 18.2 Å². The zero-order chi connectivity index (χ0) is 23.1. The molecule has 164 valence electrons. The second kappa shape index (κ2) is 10.2. The smallest absolute Gasteiger partial charge is 0.261 e. The number of para-hydroxylation sites is 2. The second-order valence-corrected chi connectivity index (χ2v) is 6.57. The first-order valence-corrected chi connectivity index (χ1v) is 9.48. The van der Waals surface area contributed by atoms with Crippen LogP contribution in [-0.4, -0.2) is 26.0 Å². The van der Waals surface area contributed by atoms with E-state index in [2.05, 4.69) is 10.6 Å². The number of methoxy groups -OCH3 is 2. The Bertz CT molecular complexity index is 1090. The highest BCUT2D eigenvalue weighted by atomic mass is 19.1. The molecule has 0 aliphatic carbocycles. The molecule has 0 atom stereocenters. The van der Waals surface area contributed by atoms with Crippen molar-refractivity contribution in [2.75, 3.05) is 24.9 Å². The second-order valence-electron chi connectivity index (χ2n) is 6.57. The van der Waals surface area contributed by atoms with E-state index in [1.807, 2.05) is 0 Å². The fraction of sp³-hybridized carbons (Fsp3) is 0.0833. The van der Waals surface area contributed by atoms with Gasteiger partial charge in [0.2, 0.25) is 0 Å². The number of benzene rings is 3. The molecule has 8 heteroatoms. The van der Waals surface area contributed by atoms with Crippen LogP contribution < -0.4 is 20.1 Å². The monoisotopic (exact) mass is 438 g/mol. The number of rotatable bonds is 7. The lowest BCUT2D eigenvalue weighted by Crippen LogP contribution is -2.26. The van der Waals surface area contributed by atoms with Crippen LogP contribution in [0.15, 0.2) is 72.3 Å². The van der Waals surface area contributed by atoms with Crippen molar-refractivity contribution in [3.8, 4) is 11.5 Å². The number of nitrogens with one attached hydrogen (secondary N) is 2. The zero-order valence-corrected chi connectivity index (χ0v) is 17.3. The first-order chi connectivity index (χ1) is 15.4. The highest BCUT2D eigenvalue weighted by Crippen LogP contribution is 2.25. The van der Waals surface area contributed by atoms with E-state index in [0.717, 1.165) is 0 Å². The number of amides is 2. The van der Waals surface area contributed by atoms with E-state index in [9.17, 15) is 18.4 Å². The molecule has 0 bridgehead atoms. The van der Waals surface area contributed by atoms with Gasteiger partial charge in [-0.2, -0.15) is 0 Å². The minimum Gasteiger partial charge on any atom is -0.497 e. The van der Waals surface area contributed by atoms with Gasteiger partial charge in [-0.3, -0.25) is 9.59 Å². The Kier molecular flexibility index (Phi) is 7.17. The van der Waals surface area contributed by atoms with Crippen LogP contribution in [0.25, 0.3) is 6.08 Å². The highest BCUT2D eigenvalue weighted by molar-refractivity contribution is 6.28. The molecule has 0 aliphatic heterocycles. The van der Waals surface area contributed by atoms with Gasteiger partial charge in [0.05, 0.1) is 25.6 Å². The maximum Gasteiger partial charge on any atom is 0.261 e. The predicted molar refractivity (Wildman–Crippen MR) is 118 cm³/mol. The molecule has 32 heavy (non-hydrogen) atoms. The fourth-order valence-electron chi connectivity index (χ4n) is 2.82. The van der Waals surface area contributed by atoms with E-state index in [1.165, 1.54) is 68.8 Å². The largest absolute Gasteiger partial charge is 0.497 e. The van der Waals surface area contributed by atoms with Gasteiger partial charge in [0.1, 0.15) is 28.7 Å². The van der Waals surface area contributed by atoms with E-state index < -0.39 is 23.4 Å². The van der Waals surface area contributed by atoms with Gasteiger partial charge in [0.25, 0.3) is 11.8 Å². The van der Waals surface area contributed by atoms with Crippen molar-refractivity contribution in [3.63, 3.8) is 0 Å². The molecule has 2 amide bonds. The van der Waals surface area contributed by atoms with Gasteiger partial charge in [-0.25, -0.2) is 8.78 Å². The third-order valence-corrected chi connectivity index (χ3v) is 4.42. The SMILES string of the molecule is COc1cc(C=C(C(=O)Nc2ccccc2F)C(=O)Nc2ccccc2F)cc(OC)c1. The lowest BCUT2D eigenvalue weighted by molar-refractivity contribution is -0.118. The topological polar surface area (TPSA) is 76.7 Å². The van der Waals surface area contributed by atoms with Gasteiger partial charge in [0, 0.05) is 6.07 Å². The van der Waals surface area contributed by atoms with Gasteiger partial charge in [-0.05, 0) is 48.0 Å². The van der Waals surface area contributed by atoms with Crippen LogP contribution in [0.2, 0.25) is 0 Å². The summed E-state index contributed by atoms with van der Waals surface area (Å²) in [5, 5.41) is 4.74. The first-order valence-electron chi connectivity index (χ1n) is 9.48. The summed E-state index contributed by atoms with van der Waals surface area (Å²) in [6, 6.07) is 15.8. The standard InChI is InChI=1S/C24H20F2N2O4/c1-31-16-11-15(12-17(14-16)32-2)13-18(23(29)27-21-9-5-3-7-19(21)25)24(30)28-22-10-6-4-8-20(22)26/h3-14H,1-2H3,(H,27,29)(H,28,30). The molecule has 0 heterocycles. The number of carbonyl (C=O) groups excluding carboxylic acids is 2. The molecular formula is C24H20F2N2O4. The Morgan fingerprint density at radius 1 is 0.750 bits per heavy atom. The minimum atomic E-state index is -0.884. The summed E-state index contributed by atoms with van der Waals surface area (Å²) >= 11 is 0. The average molecular weight is 438 g/mol. The Morgan fingerprint density at radius 2 is 1.19 bits per heavy atom. The van der Waals surface area contributed by atoms with Crippen LogP contribution in [0.3, 0.4) is 0 Å². The van der Waals surface area contributed by atoms with Crippen LogP contribution in [0.5, 0.6) is 11.5 Å². The van der Waals surface area contributed by atoms with Crippen LogP contribution in [-0.2, 0) is 9.59 Å². The molecule has 0 fully saturated rings. The number of hydrogen-bond donors (Lipinski definition) is 2. The highest BCUT2D eigenvalue weighted by Gasteiger charge is 2.21. The third-order valence-electron chi connectivity index (χ3n) is 4.42. The Balaban J connectivity index is 2.01. The summed E-state index contributed by atoms with van der Waals surface area (Å²) in [4.78, 5) is 25.9. The number of ether oxygens (including phenoxy) is 2. The predicted octanol–water partition coefficient (Wildman–Crippen LogP) is 4.64. The molecular weight excluding hydrogens is 418 g/mol. The summed E-state index contributed by atoms with van der Waals surface area (Å²) in [7, 11) is 2.91. The van der Waals surface area contributed by atoms with Crippen molar-refractivity contribution in [2.45, 2.75) is 0 Å². The summed E-state index contributed by atoms with van der Waals surface area (Å²) in [5.74, 6) is -2.25. The molecule has 3 aromatic rings. The number of halogens is 2. The maximum absolute atomic E-state index is 14.0. The Labute approximate surface area is 183 Å². The van der Waals surface area contributed by atoms with E-state index in [4.69, 9.17) is 9.47 Å². The summed E-state index contributed by atoms with van der Waals surface area (Å²) in [6.07, 6.45) is 1.28. The molecule has 6 nitrogen and oxygen atoms in total. The Hall–Kier alpha value is -4.20. The fourth-order valence-corrected chi connectivity index (χ4v) is 2.82. The van der Waals surface area contributed by atoms with Crippen molar-refractivity contribution < 1.29 is 27.8 Å². The molecule has 0 spiro atoms. The van der Waals surface area contributed by atoms with Crippen molar-refractivity contribution in [1.82, 2.24) is 0 Å². The van der Waals surface area contributed by atoms with Gasteiger partial charge in [0.15, 0.2) is 0 Å². The lowest BCUT2D eigenvalue weighted by Gasteiger charge is -2.12. The average Bonchev–Trinajstić information content (AvgIpc) is 2.80. The number of hydrogen-bond acceptors (Lipinski definition) is 4. The number of carbonyl (C=O) groups is 2. The molecule has 0 unspecified atom stereocenters. The molecule has 3 aromatic carbocycles. The summed E-state index contributed by atoms with van der Waals surface area (Å²) < 4.78 is 38.5. The zero-order valence-electron chi connectivity index (χ0n) is 17.3. The van der Waals surface area contributed by atoms with E-state index in [-0.39, 0.29) is 16.9 Å². The lowest BCUT2D eigenvalue weighted by atomic mass is 10.1. The molecule has 0 saturated carbocycles. The Morgan fingerprint density at radius 3 is 1.59 bits per heavy atom. The normalized spacial score (nSPS) is 10.1. The minimum absolute atomic E-state index is 0.106. The maximum atomic E-state index is 14.0. The quantitative estimate of drug-likeness (QED) is 0.320. The summed E-state index contributed by atoms with van der Waals surface area (Å²) in [5.41, 5.74) is -0.189. The first kappa shape index (κ1) is 22.5. The molecule has 0 aliphatic rings. The van der Waals surface area contributed by atoms with Crippen molar-refractivity contribution in [3.05, 3.63) is 89.5 Å². The molecule has 0 radical (unpaired) electrons. The van der Waals surface area contributed by atoms with Crippen LogP contribution in [0, 0.1) is 11.6 Å². The van der Waals surface area contributed by atoms with Crippen molar-refractivity contribution in [2.24, 2.45) is 0 Å². The summed E-state index contributed by atoms with van der Waals surface area (Å²) in [6.45, 7) is 0. The van der Waals surface area contributed by atoms with Crippen LogP contribution in [0.1, 0.15) is 5.56 Å². The van der Waals surface area contributed by atoms with Crippen LogP contribution >= 0.6 is 0 Å². The van der Waals surface area contributed by atoms with Crippen molar-refractivity contribution in [1.29, 1.82) is 0 Å².